The Morgan fingerprint density at radius 3 is 2.53 bits per heavy atom. The molecule has 0 aromatic rings. The summed E-state index contributed by atoms with van der Waals surface area (Å²) in [7, 11) is 3.62. The lowest BCUT2D eigenvalue weighted by atomic mass is 9.95. The number of likely N-dealkylation sites (N-methyl/N-ethyl adjacent to an activating group) is 1. The first-order valence-corrected chi connectivity index (χ1v) is 6.67. The Labute approximate surface area is 105 Å². The van der Waals surface area contributed by atoms with Crippen LogP contribution >= 0.6 is 0 Å². The quantitative estimate of drug-likeness (QED) is 0.684. The Balaban J connectivity index is 0.000000686. The van der Waals surface area contributed by atoms with Crippen molar-refractivity contribution in [1.82, 2.24) is 9.80 Å². The van der Waals surface area contributed by atoms with Gasteiger partial charge in [0.2, 0.25) is 0 Å². The number of rotatable bonds is 2. The Kier molecular flexibility index (Phi) is 5.40. The van der Waals surface area contributed by atoms with Crippen LogP contribution in [0.1, 0.15) is 33.1 Å². The van der Waals surface area contributed by atoms with E-state index in [0.29, 0.717) is 6.54 Å². The summed E-state index contributed by atoms with van der Waals surface area (Å²) in [5.41, 5.74) is 0.267. The normalized spacial score (nSPS) is 29.2. The average molecular weight is 242 g/mol. The minimum Gasteiger partial charge on any atom is -0.468 e. The second-order valence-electron chi connectivity index (χ2n) is 4.81. The first kappa shape index (κ1) is 14.5. The highest BCUT2D eigenvalue weighted by Crippen LogP contribution is 2.36. The van der Waals surface area contributed by atoms with Crippen LogP contribution in [-0.2, 0) is 9.53 Å². The molecular formula is C13H26N2O2. The lowest BCUT2D eigenvalue weighted by molar-refractivity contribution is -0.143. The highest BCUT2D eigenvalue weighted by molar-refractivity contribution is 5.71. The summed E-state index contributed by atoms with van der Waals surface area (Å²) < 4.78 is 4.75. The fourth-order valence-electron chi connectivity index (χ4n) is 2.98. The molecule has 0 radical (unpaired) electrons. The fourth-order valence-corrected chi connectivity index (χ4v) is 2.98. The first-order valence-electron chi connectivity index (χ1n) is 6.67. The van der Waals surface area contributed by atoms with E-state index in [1.165, 1.54) is 26.4 Å². The summed E-state index contributed by atoms with van der Waals surface area (Å²) in [5.74, 6) is -0.106. The third kappa shape index (κ3) is 3.19. The highest BCUT2D eigenvalue weighted by atomic mass is 16.5. The summed E-state index contributed by atoms with van der Waals surface area (Å²) in [4.78, 5) is 16.0. The SMILES string of the molecule is CC.COC(=O)CN1CCCC12CCN(C)C2. The molecule has 1 spiro atoms. The molecule has 0 aliphatic carbocycles. The highest BCUT2D eigenvalue weighted by Gasteiger charge is 2.45. The molecule has 100 valence electrons. The number of nitrogens with zero attached hydrogens (tertiary/aromatic N) is 2. The summed E-state index contributed by atoms with van der Waals surface area (Å²) >= 11 is 0. The van der Waals surface area contributed by atoms with E-state index >= 15 is 0 Å². The van der Waals surface area contributed by atoms with E-state index in [1.807, 2.05) is 13.8 Å². The van der Waals surface area contributed by atoms with Crippen molar-refractivity contribution in [2.75, 3.05) is 40.3 Å². The number of carbonyl (C=O) groups excluding carboxylic acids is 1. The molecule has 1 unspecified atom stereocenters. The lowest BCUT2D eigenvalue weighted by Gasteiger charge is -2.34. The molecule has 0 saturated carbocycles. The topological polar surface area (TPSA) is 32.8 Å². The Bertz CT molecular complexity index is 258. The van der Waals surface area contributed by atoms with E-state index in [1.54, 1.807) is 0 Å². The molecule has 4 nitrogen and oxygen atoms in total. The largest absolute Gasteiger partial charge is 0.468 e. The number of carbonyl (C=O) groups is 1. The number of methoxy groups -OCH3 is 1. The summed E-state index contributed by atoms with van der Waals surface area (Å²) in [5, 5.41) is 0. The third-order valence-corrected chi connectivity index (χ3v) is 3.81. The fraction of sp³-hybridized carbons (Fsp3) is 0.923. The zero-order valence-electron chi connectivity index (χ0n) is 11.7. The smallest absolute Gasteiger partial charge is 0.319 e. The maximum absolute atomic E-state index is 11.3. The van der Waals surface area contributed by atoms with Crippen molar-refractivity contribution < 1.29 is 9.53 Å². The zero-order valence-corrected chi connectivity index (χ0v) is 11.7. The second kappa shape index (κ2) is 6.36. The van der Waals surface area contributed by atoms with Gasteiger partial charge in [0.05, 0.1) is 13.7 Å². The average Bonchev–Trinajstić information content (AvgIpc) is 2.90. The van der Waals surface area contributed by atoms with Crippen molar-refractivity contribution in [3.05, 3.63) is 0 Å². The molecule has 2 fully saturated rings. The molecular weight excluding hydrogens is 216 g/mol. The predicted octanol–water partition coefficient (Wildman–Crippen LogP) is 1.36. The van der Waals surface area contributed by atoms with Crippen molar-refractivity contribution in [1.29, 1.82) is 0 Å². The molecule has 17 heavy (non-hydrogen) atoms. The van der Waals surface area contributed by atoms with Gasteiger partial charge in [-0.25, -0.2) is 0 Å². The summed E-state index contributed by atoms with van der Waals surface area (Å²) in [6.07, 6.45) is 3.64. The van der Waals surface area contributed by atoms with Crippen LogP contribution in [0, 0.1) is 0 Å². The predicted molar refractivity (Wildman–Crippen MR) is 69.0 cm³/mol. The molecule has 0 N–H and O–H groups in total. The van der Waals surface area contributed by atoms with Crippen molar-refractivity contribution in [2.24, 2.45) is 0 Å². The van der Waals surface area contributed by atoms with Gasteiger partial charge >= 0.3 is 5.97 Å². The molecule has 2 saturated heterocycles. The third-order valence-electron chi connectivity index (χ3n) is 3.81. The molecule has 1 atom stereocenters. The van der Waals surface area contributed by atoms with Crippen molar-refractivity contribution in [3.8, 4) is 0 Å². The van der Waals surface area contributed by atoms with Crippen LogP contribution in [0.15, 0.2) is 0 Å². The number of hydrogen-bond donors (Lipinski definition) is 0. The molecule has 4 heteroatoms. The van der Waals surface area contributed by atoms with Gasteiger partial charge in [0.1, 0.15) is 0 Å². The van der Waals surface area contributed by atoms with E-state index in [4.69, 9.17) is 4.74 Å². The molecule has 2 aliphatic heterocycles. The molecule has 0 aromatic carbocycles. The van der Waals surface area contributed by atoms with Gasteiger partial charge in [-0.3, -0.25) is 9.69 Å². The number of hydrogen-bond acceptors (Lipinski definition) is 4. The maximum atomic E-state index is 11.3. The van der Waals surface area contributed by atoms with E-state index in [0.717, 1.165) is 19.6 Å². The molecule has 0 aromatic heterocycles. The molecule has 0 bridgehead atoms. The van der Waals surface area contributed by atoms with Crippen molar-refractivity contribution >= 4 is 5.97 Å². The van der Waals surface area contributed by atoms with Gasteiger partial charge in [-0.15, -0.1) is 0 Å². The molecule has 0 amide bonds. The van der Waals surface area contributed by atoms with Crippen molar-refractivity contribution in [3.63, 3.8) is 0 Å². The van der Waals surface area contributed by atoms with Crippen molar-refractivity contribution in [2.45, 2.75) is 38.6 Å². The lowest BCUT2D eigenvalue weighted by Crippen LogP contribution is -2.48. The minimum absolute atomic E-state index is 0.106. The van der Waals surface area contributed by atoms with Crippen LogP contribution in [0.25, 0.3) is 0 Å². The maximum Gasteiger partial charge on any atom is 0.319 e. The number of likely N-dealkylation sites (tertiary alicyclic amines) is 2. The number of esters is 1. The van der Waals surface area contributed by atoms with Gasteiger partial charge in [0.15, 0.2) is 0 Å². The van der Waals surface area contributed by atoms with Crippen LogP contribution in [0.2, 0.25) is 0 Å². The summed E-state index contributed by atoms with van der Waals surface area (Å²) in [6.45, 7) is 7.76. The van der Waals surface area contributed by atoms with Gasteiger partial charge in [-0.05, 0) is 39.4 Å². The molecule has 2 rings (SSSR count). The van der Waals surface area contributed by atoms with E-state index in [-0.39, 0.29) is 11.5 Å². The van der Waals surface area contributed by atoms with Crippen LogP contribution in [0.4, 0.5) is 0 Å². The molecule has 2 heterocycles. The van der Waals surface area contributed by atoms with Crippen LogP contribution in [0.5, 0.6) is 0 Å². The van der Waals surface area contributed by atoms with E-state index < -0.39 is 0 Å². The van der Waals surface area contributed by atoms with E-state index in [2.05, 4.69) is 16.8 Å². The van der Waals surface area contributed by atoms with Crippen LogP contribution in [0.3, 0.4) is 0 Å². The Morgan fingerprint density at radius 1 is 1.29 bits per heavy atom. The van der Waals surface area contributed by atoms with Gasteiger partial charge in [-0.1, -0.05) is 13.8 Å². The van der Waals surface area contributed by atoms with Gasteiger partial charge in [0.25, 0.3) is 0 Å². The second-order valence-corrected chi connectivity index (χ2v) is 4.81. The van der Waals surface area contributed by atoms with Crippen LogP contribution in [-0.4, -0.2) is 61.6 Å². The molecule has 2 aliphatic rings. The Hall–Kier alpha value is -0.610. The zero-order chi connectivity index (χ0) is 12.9. The van der Waals surface area contributed by atoms with Gasteiger partial charge in [-0.2, -0.15) is 0 Å². The Morgan fingerprint density at radius 2 is 2.00 bits per heavy atom. The minimum atomic E-state index is -0.106. The van der Waals surface area contributed by atoms with E-state index in [9.17, 15) is 4.79 Å². The first-order chi connectivity index (χ1) is 8.16. The van der Waals surface area contributed by atoms with Gasteiger partial charge in [0, 0.05) is 12.1 Å². The monoisotopic (exact) mass is 242 g/mol. The summed E-state index contributed by atoms with van der Waals surface area (Å²) in [6, 6.07) is 0. The standard InChI is InChI=1S/C11H20N2O2.C2H6/c1-12-7-5-11(9-12)4-3-6-13(11)8-10(14)15-2;1-2/h3-9H2,1-2H3;1-2H3. The van der Waals surface area contributed by atoms with Crippen LogP contribution < -0.4 is 0 Å². The number of ether oxygens (including phenoxy) is 1. The van der Waals surface area contributed by atoms with Gasteiger partial charge < -0.3 is 9.64 Å².